The van der Waals surface area contributed by atoms with E-state index < -0.39 is 5.56 Å². The maximum Gasteiger partial charge on any atom is 0.300 e. The Morgan fingerprint density at radius 3 is 2.79 bits per heavy atom. The summed E-state index contributed by atoms with van der Waals surface area (Å²) in [5, 5.41) is 23.9. The maximum atomic E-state index is 12.6. The average Bonchev–Trinajstić information content (AvgIpc) is 2.64. The first kappa shape index (κ1) is 14.0. The molecule has 1 N–H and O–H groups in total. The molecule has 0 fully saturated rings. The minimum absolute atomic E-state index is 0.00312. The molecule has 0 aliphatic carbocycles. The number of nitrogens with zero attached hydrogens (tertiary/aromatic N) is 5. The van der Waals surface area contributed by atoms with Crippen molar-refractivity contribution in [2.45, 2.75) is 0 Å². The Kier molecular flexibility index (Phi) is 3.24. The second-order valence-electron chi connectivity index (χ2n) is 5.13. The van der Waals surface area contributed by atoms with Crippen molar-refractivity contribution in [1.29, 1.82) is 0 Å². The van der Waals surface area contributed by atoms with Gasteiger partial charge in [-0.3, -0.25) is 9.78 Å². The van der Waals surface area contributed by atoms with Crippen LogP contribution in [0.5, 0.6) is 0 Å². The number of pyridine rings is 1. The number of hydrogen-bond donors (Lipinski definition) is 1. The van der Waals surface area contributed by atoms with Crippen molar-refractivity contribution in [3.05, 3.63) is 76.6 Å². The molecule has 1 aromatic carbocycles. The van der Waals surface area contributed by atoms with Crippen molar-refractivity contribution >= 4 is 28.3 Å². The summed E-state index contributed by atoms with van der Waals surface area (Å²) < 4.78 is 1.18. The highest BCUT2D eigenvalue weighted by Gasteiger charge is 2.10. The Bertz CT molecular complexity index is 1140. The zero-order valence-corrected chi connectivity index (χ0v) is 12.4. The summed E-state index contributed by atoms with van der Waals surface area (Å²) in [6, 6.07) is 10.8. The molecule has 4 aromatic rings. The maximum absolute atomic E-state index is 12.6. The predicted octanol–water partition coefficient (Wildman–Crippen LogP) is 2.09. The summed E-state index contributed by atoms with van der Waals surface area (Å²) in [5.74, 6) is -0.116. The van der Waals surface area contributed by atoms with Crippen LogP contribution in [0.25, 0.3) is 28.3 Å². The van der Waals surface area contributed by atoms with Gasteiger partial charge in [0.15, 0.2) is 11.3 Å². The first-order chi connectivity index (χ1) is 11.7. The van der Waals surface area contributed by atoms with Crippen molar-refractivity contribution in [2.24, 2.45) is 0 Å². The lowest BCUT2D eigenvalue weighted by molar-refractivity contribution is 0.514. The van der Waals surface area contributed by atoms with Crippen LogP contribution in [0.4, 0.5) is 0 Å². The van der Waals surface area contributed by atoms with E-state index in [1.807, 2.05) is 24.3 Å². The highest BCUT2D eigenvalue weighted by Crippen LogP contribution is 2.16. The fourth-order valence-electron chi connectivity index (χ4n) is 2.42. The van der Waals surface area contributed by atoms with Crippen LogP contribution < -0.4 is 5.56 Å². The van der Waals surface area contributed by atoms with Crippen LogP contribution >= 0.6 is 0 Å². The van der Waals surface area contributed by atoms with E-state index in [1.165, 1.54) is 16.8 Å². The van der Waals surface area contributed by atoms with Gasteiger partial charge in [-0.25, -0.2) is 0 Å². The fourth-order valence-corrected chi connectivity index (χ4v) is 2.42. The van der Waals surface area contributed by atoms with E-state index in [1.54, 1.807) is 24.5 Å². The second kappa shape index (κ2) is 5.54. The van der Waals surface area contributed by atoms with Crippen LogP contribution in [0.2, 0.25) is 0 Å². The van der Waals surface area contributed by atoms with Crippen molar-refractivity contribution < 1.29 is 5.11 Å². The van der Waals surface area contributed by atoms with Gasteiger partial charge < -0.3 is 5.11 Å². The fraction of sp³-hybridized carbons (Fsp3) is 0. The average molecular weight is 317 g/mol. The number of aliphatic hydroxyl groups is 1. The SMILES string of the molecule is O=c1c(/C=C(\O)c2cccnc2)nnc2c3ccccc3cnn12. The minimum atomic E-state index is -0.457. The summed E-state index contributed by atoms with van der Waals surface area (Å²) >= 11 is 0. The Labute approximate surface area is 135 Å². The van der Waals surface area contributed by atoms with Gasteiger partial charge in [0, 0.05) is 34.8 Å². The van der Waals surface area contributed by atoms with E-state index in [4.69, 9.17) is 0 Å². The highest BCUT2D eigenvalue weighted by molar-refractivity contribution is 5.92. The summed E-state index contributed by atoms with van der Waals surface area (Å²) in [6.07, 6.45) is 5.94. The van der Waals surface area contributed by atoms with Gasteiger partial charge in [-0.1, -0.05) is 24.3 Å². The van der Waals surface area contributed by atoms with Gasteiger partial charge in [0.2, 0.25) is 0 Å². The van der Waals surface area contributed by atoms with Crippen molar-refractivity contribution in [3.8, 4) is 0 Å². The van der Waals surface area contributed by atoms with Gasteiger partial charge in [0.05, 0.1) is 6.20 Å². The standard InChI is InChI=1S/C17H11N5O2/c23-15(12-5-3-7-18-9-12)8-14-17(24)22-16(21-20-14)13-6-2-1-4-11(13)10-19-22/h1-10,23H/b15-8-. The number of fused-ring (bicyclic) bond motifs is 3. The number of aliphatic hydroxyl groups excluding tert-OH is 1. The van der Waals surface area contributed by atoms with Gasteiger partial charge in [-0.05, 0) is 12.1 Å². The molecule has 0 amide bonds. The number of aromatic nitrogens is 5. The van der Waals surface area contributed by atoms with Crippen molar-refractivity contribution in [2.75, 3.05) is 0 Å². The molecule has 7 heteroatoms. The topological polar surface area (TPSA) is 93.3 Å². The van der Waals surface area contributed by atoms with E-state index in [-0.39, 0.29) is 11.5 Å². The summed E-state index contributed by atoms with van der Waals surface area (Å²) in [5.41, 5.74) is 0.393. The Morgan fingerprint density at radius 1 is 1.08 bits per heavy atom. The number of rotatable bonds is 2. The molecule has 0 bridgehead atoms. The molecule has 0 saturated heterocycles. The van der Waals surface area contributed by atoms with Crippen molar-refractivity contribution in [1.82, 2.24) is 24.8 Å². The largest absolute Gasteiger partial charge is 0.507 e. The van der Waals surface area contributed by atoms with E-state index in [9.17, 15) is 9.90 Å². The third-order valence-corrected chi connectivity index (χ3v) is 3.61. The summed E-state index contributed by atoms with van der Waals surface area (Å²) in [4.78, 5) is 16.5. The molecule has 24 heavy (non-hydrogen) atoms. The molecule has 0 aliphatic heterocycles. The molecule has 0 aliphatic rings. The van der Waals surface area contributed by atoms with Crippen LogP contribution in [0.3, 0.4) is 0 Å². The minimum Gasteiger partial charge on any atom is -0.507 e. The van der Waals surface area contributed by atoms with Gasteiger partial charge in [-0.15, -0.1) is 10.2 Å². The molecule has 3 aromatic heterocycles. The molecule has 116 valence electrons. The predicted molar refractivity (Wildman–Crippen MR) is 89.3 cm³/mol. The van der Waals surface area contributed by atoms with Crippen LogP contribution in [-0.2, 0) is 0 Å². The smallest absolute Gasteiger partial charge is 0.300 e. The molecule has 0 radical (unpaired) electrons. The Morgan fingerprint density at radius 2 is 1.96 bits per heavy atom. The lowest BCUT2D eigenvalue weighted by atomic mass is 10.2. The Hall–Kier alpha value is -3.61. The quantitative estimate of drug-likeness (QED) is 0.449. The van der Waals surface area contributed by atoms with E-state index in [0.717, 1.165) is 10.8 Å². The Balaban J connectivity index is 1.91. The zero-order chi connectivity index (χ0) is 16.5. The molecule has 3 heterocycles. The number of benzene rings is 1. The van der Waals surface area contributed by atoms with Gasteiger partial charge >= 0.3 is 5.56 Å². The lowest BCUT2D eigenvalue weighted by Gasteiger charge is -2.03. The molecule has 0 saturated carbocycles. The van der Waals surface area contributed by atoms with E-state index in [2.05, 4.69) is 20.3 Å². The summed E-state index contributed by atoms with van der Waals surface area (Å²) in [7, 11) is 0. The normalized spacial score (nSPS) is 11.9. The van der Waals surface area contributed by atoms with E-state index in [0.29, 0.717) is 11.2 Å². The highest BCUT2D eigenvalue weighted by atomic mass is 16.3. The first-order valence-electron chi connectivity index (χ1n) is 7.18. The first-order valence-corrected chi connectivity index (χ1v) is 7.18. The second-order valence-corrected chi connectivity index (χ2v) is 5.13. The lowest BCUT2D eigenvalue weighted by Crippen LogP contribution is -2.22. The van der Waals surface area contributed by atoms with Crippen LogP contribution in [0, 0.1) is 0 Å². The monoisotopic (exact) mass is 317 g/mol. The third-order valence-electron chi connectivity index (χ3n) is 3.61. The summed E-state index contributed by atoms with van der Waals surface area (Å²) in [6.45, 7) is 0. The molecule has 4 rings (SSSR count). The van der Waals surface area contributed by atoms with Gasteiger partial charge in [0.25, 0.3) is 0 Å². The molecule has 7 nitrogen and oxygen atoms in total. The van der Waals surface area contributed by atoms with Gasteiger partial charge in [0.1, 0.15) is 5.76 Å². The van der Waals surface area contributed by atoms with Crippen LogP contribution in [0.1, 0.15) is 11.3 Å². The van der Waals surface area contributed by atoms with Crippen LogP contribution in [-0.4, -0.2) is 29.9 Å². The molecular formula is C17H11N5O2. The van der Waals surface area contributed by atoms with E-state index >= 15 is 0 Å². The molecule has 0 spiro atoms. The molecule has 0 unspecified atom stereocenters. The van der Waals surface area contributed by atoms with Gasteiger partial charge in [-0.2, -0.15) is 9.61 Å². The zero-order valence-electron chi connectivity index (χ0n) is 12.4. The number of hydrogen-bond acceptors (Lipinski definition) is 6. The van der Waals surface area contributed by atoms with Crippen LogP contribution in [0.15, 0.2) is 59.8 Å². The van der Waals surface area contributed by atoms with Crippen molar-refractivity contribution in [3.63, 3.8) is 0 Å². The molecular weight excluding hydrogens is 306 g/mol. The molecule has 0 atom stereocenters. The third kappa shape index (κ3) is 2.28.